The molecule has 1 aliphatic rings. The van der Waals surface area contributed by atoms with Gasteiger partial charge in [-0.25, -0.2) is 13.2 Å². The zero-order valence-electron chi connectivity index (χ0n) is 19.7. The Balaban J connectivity index is 1.63. The van der Waals surface area contributed by atoms with E-state index in [1.807, 2.05) is 0 Å². The zero-order valence-corrected chi connectivity index (χ0v) is 20.6. The molecule has 1 N–H and O–H groups in total. The van der Waals surface area contributed by atoms with Gasteiger partial charge >= 0.3 is 5.97 Å². The van der Waals surface area contributed by atoms with Crippen LogP contribution in [0.25, 0.3) is 0 Å². The van der Waals surface area contributed by atoms with Crippen molar-refractivity contribution in [2.45, 2.75) is 37.7 Å². The number of benzene rings is 2. The molecule has 0 spiro atoms. The predicted octanol–water partition coefficient (Wildman–Crippen LogP) is 3.31. The van der Waals surface area contributed by atoms with Crippen molar-refractivity contribution in [3.8, 4) is 11.5 Å². The molecule has 1 fully saturated rings. The quantitative estimate of drug-likeness (QED) is 0.565. The molecule has 2 aromatic rings. The third-order valence-corrected chi connectivity index (χ3v) is 7.70. The molecule has 1 aliphatic heterocycles. The summed E-state index contributed by atoms with van der Waals surface area (Å²) in [5, 5.41) is 2.66. The van der Waals surface area contributed by atoms with E-state index >= 15 is 0 Å². The number of sulfonamides is 1. The number of amides is 1. The molecule has 3 rings (SSSR count). The van der Waals surface area contributed by atoms with E-state index in [2.05, 4.69) is 12.2 Å². The third-order valence-electron chi connectivity index (χ3n) is 5.79. The summed E-state index contributed by atoms with van der Waals surface area (Å²) >= 11 is 0. The van der Waals surface area contributed by atoms with E-state index in [4.69, 9.17) is 14.2 Å². The predicted molar refractivity (Wildman–Crippen MR) is 127 cm³/mol. The number of ether oxygens (including phenoxy) is 3. The van der Waals surface area contributed by atoms with Gasteiger partial charge in [-0.15, -0.1) is 0 Å². The maximum absolute atomic E-state index is 12.9. The van der Waals surface area contributed by atoms with Gasteiger partial charge in [0.05, 0.1) is 30.4 Å². The minimum Gasteiger partial charge on any atom is -0.497 e. The van der Waals surface area contributed by atoms with Crippen LogP contribution < -0.4 is 14.8 Å². The number of esters is 1. The second-order valence-electron chi connectivity index (χ2n) is 8.21. The summed E-state index contributed by atoms with van der Waals surface area (Å²) in [6, 6.07) is 10.5. The Kier molecular flexibility index (Phi) is 8.16. The number of carbonyl (C=O) groups excluding carboxylic acids is 2. The first-order chi connectivity index (χ1) is 16.1. The summed E-state index contributed by atoms with van der Waals surface area (Å²) in [6.07, 6.45) is 0.540. The third kappa shape index (κ3) is 5.87. The number of nitrogens with one attached hydrogen (secondary N) is 1. The summed E-state index contributed by atoms with van der Waals surface area (Å²) < 4.78 is 42.8. The molecule has 34 heavy (non-hydrogen) atoms. The van der Waals surface area contributed by atoms with Crippen LogP contribution in [-0.4, -0.2) is 58.0 Å². The lowest BCUT2D eigenvalue weighted by Gasteiger charge is -2.29. The minimum absolute atomic E-state index is 0.120. The maximum atomic E-state index is 12.9. The molecule has 9 nitrogen and oxygen atoms in total. The van der Waals surface area contributed by atoms with E-state index in [-0.39, 0.29) is 10.5 Å². The van der Waals surface area contributed by atoms with Crippen LogP contribution in [0.3, 0.4) is 0 Å². The fourth-order valence-electron chi connectivity index (χ4n) is 3.57. The highest BCUT2D eigenvalue weighted by molar-refractivity contribution is 7.89. The number of carbonyl (C=O) groups is 2. The van der Waals surface area contributed by atoms with Gasteiger partial charge in [0.2, 0.25) is 10.0 Å². The van der Waals surface area contributed by atoms with Crippen LogP contribution in [0.15, 0.2) is 47.4 Å². The Labute approximate surface area is 200 Å². The van der Waals surface area contributed by atoms with Crippen LogP contribution in [0, 0.1) is 5.92 Å². The average Bonchev–Trinajstić information content (AvgIpc) is 2.84. The second kappa shape index (κ2) is 10.9. The molecule has 0 saturated carbocycles. The van der Waals surface area contributed by atoms with Crippen molar-refractivity contribution in [1.82, 2.24) is 4.31 Å². The van der Waals surface area contributed by atoms with Gasteiger partial charge < -0.3 is 19.5 Å². The van der Waals surface area contributed by atoms with Gasteiger partial charge in [-0.1, -0.05) is 6.92 Å². The molecule has 1 heterocycles. The first kappa shape index (κ1) is 25.5. The molecule has 0 aliphatic carbocycles. The van der Waals surface area contributed by atoms with Crippen molar-refractivity contribution in [3.05, 3.63) is 48.0 Å². The number of hydrogen-bond acceptors (Lipinski definition) is 7. The van der Waals surface area contributed by atoms with Crippen LogP contribution in [0.2, 0.25) is 0 Å². The SMILES string of the molecule is COc1ccc(OC)c(NC(=O)C(C)OC(=O)c2ccc(S(=O)(=O)N3CCC(C)CC3)cc2)c1. The molecular formula is C24H30N2O7S. The van der Waals surface area contributed by atoms with Crippen LogP contribution in [0.5, 0.6) is 11.5 Å². The number of nitrogens with zero attached hydrogens (tertiary/aromatic N) is 1. The van der Waals surface area contributed by atoms with Gasteiger partial charge in [-0.3, -0.25) is 4.79 Å². The number of methoxy groups -OCH3 is 2. The van der Waals surface area contributed by atoms with Gasteiger partial charge in [0, 0.05) is 19.2 Å². The van der Waals surface area contributed by atoms with E-state index in [0.717, 1.165) is 12.8 Å². The minimum atomic E-state index is -3.62. The van der Waals surface area contributed by atoms with E-state index in [0.29, 0.717) is 36.2 Å². The Morgan fingerprint density at radius 3 is 2.26 bits per heavy atom. The Morgan fingerprint density at radius 2 is 1.68 bits per heavy atom. The number of hydrogen-bond donors (Lipinski definition) is 1. The van der Waals surface area contributed by atoms with Crippen LogP contribution >= 0.6 is 0 Å². The summed E-state index contributed by atoms with van der Waals surface area (Å²) in [7, 11) is -0.646. The summed E-state index contributed by atoms with van der Waals surface area (Å²) in [6.45, 7) is 4.52. The van der Waals surface area contributed by atoms with E-state index in [1.54, 1.807) is 18.2 Å². The van der Waals surface area contributed by atoms with E-state index < -0.39 is 28.0 Å². The van der Waals surface area contributed by atoms with Crippen molar-refractivity contribution >= 4 is 27.6 Å². The zero-order chi connectivity index (χ0) is 24.9. The largest absolute Gasteiger partial charge is 0.497 e. The highest BCUT2D eigenvalue weighted by Crippen LogP contribution is 2.29. The molecular weight excluding hydrogens is 460 g/mol. The molecule has 1 saturated heterocycles. The first-order valence-corrected chi connectivity index (χ1v) is 12.4. The summed E-state index contributed by atoms with van der Waals surface area (Å²) in [5.41, 5.74) is 0.515. The molecule has 1 atom stereocenters. The van der Waals surface area contributed by atoms with Gasteiger partial charge in [-0.2, -0.15) is 4.31 Å². The normalized spacial score (nSPS) is 15.9. The standard InChI is InChI=1S/C24H30N2O7S/c1-16-11-13-26(14-12-16)34(29,30)20-8-5-18(6-9-20)24(28)33-17(2)23(27)25-21-15-19(31-3)7-10-22(21)32-4/h5-10,15-17H,11-14H2,1-4H3,(H,25,27). The number of anilines is 1. The molecule has 1 amide bonds. The summed E-state index contributed by atoms with van der Waals surface area (Å²) in [4.78, 5) is 25.2. The van der Waals surface area contributed by atoms with E-state index in [1.165, 1.54) is 49.7 Å². The highest BCUT2D eigenvalue weighted by atomic mass is 32.2. The fourth-order valence-corrected chi connectivity index (χ4v) is 5.04. The van der Waals surface area contributed by atoms with Crippen molar-refractivity contribution in [2.24, 2.45) is 5.92 Å². The lowest BCUT2D eigenvalue weighted by atomic mass is 10.0. The van der Waals surface area contributed by atoms with Gasteiger partial charge in [0.1, 0.15) is 11.5 Å². The Hall–Kier alpha value is -3.11. The molecule has 1 unspecified atom stereocenters. The van der Waals surface area contributed by atoms with Gasteiger partial charge in [-0.05, 0) is 62.1 Å². The number of piperidine rings is 1. The summed E-state index contributed by atoms with van der Waals surface area (Å²) in [5.74, 6) is 0.157. The topological polar surface area (TPSA) is 111 Å². The second-order valence-corrected chi connectivity index (χ2v) is 10.2. The van der Waals surface area contributed by atoms with E-state index in [9.17, 15) is 18.0 Å². The van der Waals surface area contributed by atoms with Crippen LogP contribution in [0.4, 0.5) is 5.69 Å². The Bertz CT molecular complexity index is 1120. The molecule has 2 aromatic carbocycles. The molecule has 0 aromatic heterocycles. The van der Waals surface area contributed by atoms with Crippen molar-refractivity contribution in [3.63, 3.8) is 0 Å². The fraction of sp³-hybridized carbons (Fsp3) is 0.417. The van der Waals surface area contributed by atoms with Gasteiger partial charge in [0.25, 0.3) is 5.91 Å². The van der Waals surface area contributed by atoms with Crippen molar-refractivity contribution in [1.29, 1.82) is 0 Å². The van der Waals surface area contributed by atoms with Crippen molar-refractivity contribution < 1.29 is 32.2 Å². The van der Waals surface area contributed by atoms with Gasteiger partial charge in [0.15, 0.2) is 6.10 Å². The molecule has 0 radical (unpaired) electrons. The molecule has 184 valence electrons. The molecule has 0 bridgehead atoms. The maximum Gasteiger partial charge on any atom is 0.338 e. The number of rotatable bonds is 8. The monoisotopic (exact) mass is 490 g/mol. The lowest BCUT2D eigenvalue weighted by Crippen LogP contribution is -2.37. The van der Waals surface area contributed by atoms with Crippen molar-refractivity contribution in [2.75, 3.05) is 32.6 Å². The average molecular weight is 491 g/mol. The Morgan fingerprint density at radius 1 is 1.03 bits per heavy atom. The van der Waals surface area contributed by atoms with Crippen LogP contribution in [-0.2, 0) is 19.6 Å². The highest BCUT2D eigenvalue weighted by Gasteiger charge is 2.28. The smallest absolute Gasteiger partial charge is 0.338 e. The van der Waals surface area contributed by atoms with Crippen LogP contribution in [0.1, 0.15) is 37.0 Å². The molecule has 10 heteroatoms. The first-order valence-electron chi connectivity index (χ1n) is 11.0. The lowest BCUT2D eigenvalue weighted by molar-refractivity contribution is -0.123.